The summed E-state index contributed by atoms with van der Waals surface area (Å²) in [5.41, 5.74) is 0. The molecular weight excluding hydrogens is 208 g/mol. The van der Waals surface area contributed by atoms with E-state index < -0.39 is 0 Å². The van der Waals surface area contributed by atoms with E-state index in [9.17, 15) is 0 Å². The minimum Gasteiger partial charge on any atom is -0.317 e. The van der Waals surface area contributed by atoms with Crippen LogP contribution >= 0.6 is 0 Å². The Labute approximate surface area is 107 Å². The third kappa shape index (κ3) is 4.26. The van der Waals surface area contributed by atoms with Crippen molar-refractivity contribution in [3.05, 3.63) is 0 Å². The van der Waals surface area contributed by atoms with Crippen LogP contribution in [0.15, 0.2) is 0 Å². The zero-order chi connectivity index (χ0) is 12.1. The highest BCUT2D eigenvalue weighted by atomic mass is 15.1. The normalized spacial score (nSPS) is 31.9. The standard InChI is InChI=1S/C15H30N2/c1-17(2)15-7-5-13(6-8-15)3-4-14-9-11-16-12-10-14/h13-16H,3-12H2,1-2H3. The van der Waals surface area contributed by atoms with Gasteiger partial charge < -0.3 is 10.2 Å². The van der Waals surface area contributed by atoms with Gasteiger partial charge in [0.1, 0.15) is 0 Å². The summed E-state index contributed by atoms with van der Waals surface area (Å²) in [4.78, 5) is 2.42. The van der Waals surface area contributed by atoms with Crippen molar-refractivity contribution in [3.8, 4) is 0 Å². The molecule has 1 aliphatic heterocycles. The lowest BCUT2D eigenvalue weighted by atomic mass is 9.80. The van der Waals surface area contributed by atoms with E-state index in [1.54, 1.807) is 0 Å². The van der Waals surface area contributed by atoms with E-state index in [0.717, 1.165) is 17.9 Å². The summed E-state index contributed by atoms with van der Waals surface area (Å²) < 4.78 is 0. The second-order valence-corrected chi connectivity index (χ2v) is 6.41. The molecule has 1 saturated carbocycles. The van der Waals surface area contributed by atoms with Crippen LogP contribution in [0.3, 0.4) is 0 Å². The summed E-state index contributed by atoms with van der Waals surface area (Å²) >= 11 is 0. The molecule has 1 saturated heterocycles. The highest BCUT2D eigenvalue weighted by molar-refractivity contribution is 4.78. The smallest absolute Gasteiger partial charge is 0.00893 e. The van der Waals surface area contributed by atoms with Crippen molar-refractivity contribution in [2.45, 2.75) is 57.4 Å². The SMILES string of the molecule is CN(C)C1CCC(CCC2CCNCC2)CC1. The van der Waals surface area contributed by atoms with E-state index in [-0.39, 0.29) is 0 Å². The summed E-state index contributed by atoms with van der Waals surface area (Å²) in [5.74, 6) is 2.07. The topological polar surface area (TPSA) is 15.3 Å². The molecule has 0 bridgehead atoms. The number of hydrogen-bond acceptors (Lipinski definition) is 2. The molecule has 17 heavy (non-hydrogen) atoms. The summed E-state index contributed by atoms with van der Waals surface area (Å²) in [6.45, 7) is 2.52. The van der Waals surface area contributed by atoms with Crippen LogP contribution in [-0.4, -0.2) is 38.1 Å². The maximum atomic E-state index is 3.47. The van der Waals surface area contributed by atoms with Gasteiger partial charge in [-0.1, -0.05) is 12.8 Å². The fraction of sp³-hybridized carbons (Fsp3) is 1.00. The van der Waals surface area contributed by atoms with Gasteiger partial charge in [-0.25, -0.2) is 0 Å². The molecule has 1 aliphatic carbocycles. The molecule has 0 radical (unpaired) electrons. The van der Waals surface area contributed by atoms with Gasteiger partial charge in [-0.05, 0) is 77.5 Å². The Kier molecular flexibility index (Phi) is 5.30. The molecule has 2 rings (SSSR count). The molecule has 100 valence electrons. The lowest BCUT2D eigenvalue weighted by molar-refractivity contribution is 0.181. The Morgan fingerprint density at radius 3 is 1.88 bits per heavy atom. The van der Waals surface area contributed by atoms with Gasteiger partial charge in [-0.2, -0.15) is 0 Å². The Morgan fingerprint density at radius 2 is 1.35 bits per heavy atom. The van der Waals surface area contributed by atoms with Crippen LogP contribution in [-0.2, 0) is 0 Å². The van der Waals surface area contributed by atoms with Gasteiger partial charge in [0.15, 0.2) is 0 Å². The molecule has 0 aromatic rings. The van der Waals surface area contributed by atoms with Crippen molar-refractivity contribution >= 4 is 0 Å². The molecule has 1 heterocycles. The third-order valence-electron chi connectivity index (χ3n) is 4.99. The largest absolute Gasteiger partial charge is 0.317 e. The summed E-state index contributed by atoms with van der Waals surface area (Å²) in [7, 11) is 4.47. The summed E-state index contributed by atoms with van der Waals surface area (Å²) in [6.07, 6.45) is 11.7. The minimum absolute atomic E-state index is 0.866. The van der Waals surface area contributed by atoms with E-state index in [2.05, 4.69) is 24.3 Å². The molecule has 0 atom stereocenters. The number of hydrogen-bond donors (Lipinski definition) is 1. The number of nitrogens with zero attached hydrogens (tertiary/aromatic N) is 1. The first-order valence-electron chi connectivity index (χ1n) is 7.63. The maximum Gasteiger partial charge on any atom is 0.00893 e. The van der Waals surface area contributed by atoms with E-state index in [4.69, 9.17) is 0 Å². The number of rotatable bonds is 4. The molecule has 2 heteroatoms. The third-order valence-corrected chi connectivity index (χ3v) is 4.99. The van der Waals surface area contributed by atoms with E-state index in [1.807, 2.05) is 0 Å². The lowest BCUT2D eigenvalue weighted by Gasteiger charge is -2.33. The van der Waals surface area contributed by atoms with Gasteiger partial charge in [0.25, 0.3) is 0 Å². The van der Waals surface area contributed by atoms with Crippen LogP contribution in [0.2, 0.25) is 0 Å². The van der Waals surface area contributed by atoms with Crippen molar-refractivity contribution in [1.82, 2.24) is 10.2 Å². The van der Waals surface area contributed by atoms with Gasteiger partial charge in [-0.3, -0.25) is 0 Å². The molecule has 0 unspecified atom stereocenters. The Morgan fingerprint density at radius 1 is 0.824 bits per heavy atom. The van der Waals surface area contributed by atoms with Gasteiger partial charge in [-0.15, -0.1) is 0 Å². The van der Waals surface area contributed by atoms with Crippen LogP contribution in [0, 0.1) is 11.8 Å². The van der Waals surface area contributed by atoms with Crippen LogP contribution in [0.5, 0.6) is 0 Å². The molecule has 2 fully saturated rings. The average Bonchev–Trinajstić information content (AvgIpc) is 2.38. The van der Waals surface area contributed by atoms with Crippen molar-refractivity contribution in [2.24, 2.45) is 11.8 Å². The predicted molar refractivity (Wildman–Crippen MR) is 74.3 cm³/mol. The lowest BCUT2D eigenvalue weighted by Crippen LogP contribution is -2.32. The fourth-order valence-electron chi connectivity index (χ4n) is 3.59. The molecular formula is C15H30N2. The molecule has 0 aromatic heterocycles. The van der Waals surface area contributed by atoms with Gasteiger partial charge in [0, 0.05) is 6.04 Å². The zero-order valence-electron chi connectivity index (χ0n) is 11.8. The molecule has 1 N–H and O–H groups in total. The summed E-state index contributed by atoms with van der Waals surface area (Å²) in [6, 6.07) is 0.866. The molecule has 2 nitrogen and oxygen atoms in total. The van der Waals surface area contributed by atoms with Gasteiger partial charge >= 0.3 is 0 Å². The van der Waals surface area contributed by atoms with E-state index in [1.165, 1.54) is 64.5 Å². The predicted octanol–water partition coefficient (Wildman–Crippen LogP) is 2.89. The van der Waals surface area contributed by atoms with E-state index in [0.29, 0.717) is 0 Å². The zero-order valence-corrected chi connectivity index (χ0v) is 11.8. The van der Waals surface area contributed by atoms with Crippen LogP contribution in [0.4, 0.5) is 0 Å². The van der Waals surface area contributed by atoms with Gasteiger partial charge in [0.2, 0.25) is 0 Å². The quantitative estimate of drug-likeness (QED) is 0.810. The van der Waals surface area contributed by atoms with Crippen molar-refractivity contribution in [3.63, 3.8) is 0 Å². The first-order valence-corrected chi connectivity index (χ1v) is 7.63. The van der Waals surface area contributed by atoms with Crippen molar-refractivity contribution < 1.29 is 0 Å². The Hall–Kier alpha value is -0.0800. The monoisotopic (exact) mass is 238 g/mol. The summed E-state index contributed by atoms with van der Waals surface area (Å²) in [5, 5.41) is 3.47. The molecule has 2 aliphatic rings. The Balaban J connectivity index is 1.61. The highest BCUT2D eigenvalue weighted by Crippen LogP contribution is 2.31. The first kappa shape index (κ1) is 13.4. The second-order valence-electron chi connectivity index (χ2n) is 6.41. The second kappa shape index (κ2) is 6.75. The van der Waals surface area contributed by atoms with Crippen LogP contribution < -0.4 is 5.32 Å². The molecule has 0 spiro atoms. The Bertz CT molecular complexity index is 201. The minimum atomic E-state index is 0.866. The number of piperidine rings is 1. The van der Waals surface area contributed by atoms with Crippen LogP contribution in [0.25, 0.3) is 0 Å². The van der Waals surface area contributed by atoms with Gasteiger partial charge in [0.05, 0.1) is 0 Å². The fourth-order valence-corrected chi connectivity index (χ4v) is 3.59. The highest BCUT2D eigenvalue weighted by Gasteiger charge is 2.23. The number of nitrogens with one attached hydrogen (secondary N) is 1. The van der Waals surface area contributed by atoms with Crippen molar-refractivity contribution in [2.75, 3.05) is 27.2 Å². The maximum absolute atomic E-state index is 3.47. The van der Waals surface area contributed by atoms with Crippen molar-refractivity contribution in [1.29, 1.82) is 0 Å². The van der Waals surface area contributed by atoms with Crippen LogP contribution in [0.1, 0.15) is 51.4 Å². The average molecular weight is 238 g/mol. The van der Waals surface area contributed by atoms with E-state index >= 15 is 0 Å². The molecule has 0 aromatic carbocycles. The molecule has 0 amide bonds. The first-order chi connectivity index (χ1) is 8.25.